The van der Waals surface area contributed by atoms with Crippen molar-refractivity contribution in [1.82, 2.24) is 0 Å². The quantitative estimate of drug-likeness (QED) is 0.427. The van der Waals surface area contributed by atoms with E-state index in [1.54, 1.807) is 18.2 Å². The van der Waals surface area contributed by atoms with Crippen LogP contribution in [-0.2, 0) is 24.3 Å². The molecule has 3 N–H and O–H groups in total. The number of rotatable bonds is 11. The third-order valence-corrected chi connectivity index (χ3v) is 6.97. The van der Waals surface area contributed by atoms with Crippen molar-refractivity contribution in [3.8, 4) is 0 Å². The Balaban J connectivity index is 2.60. The largest absolute Gasteiger partial charge is 0.393 e. The maximum Gasteiger partial charge on any atom is 0.296 e. The van der Waals surface area contributed by atoms with E-state index in [4.69, 9.17) is 9.32 Å². The summed E-state index contributed by atoms with van der Waals surface area (Å²) in [5.41, 5.74) is 0.927. The van der Waals surface area contributed by atoms with Crippen LogP contribution in [0.4, 0.5) is 0 Å². The fourth-order valence-electron chi connectivity index (χ4n) is 2.50. The molecule has 9 heteroatoms. The highest BCUT2D eigenvalue weighted by Crippen LogP contribution is 2.22. The zero-order valence-electron chi connectivity index (χ0n) is 15.0. The molecule has 1 rings (SSSR count). The van der Waals surface area contributed by atoms with E-state index in [-0.39, 0.29) is 24.3 Å². The van der Waals surface area contributed by atoms with Crippen LogP contribution in [0.15, 0.2) is 41.8 Å². The fraction of sp³-hybridized carbons (Fsp3) is 0.529. The maximum atomic E-state index is 12.1. The molecule has 0 bridgehead atoms. The number of aryl methyl sites for hydroxylation is 1. The Kier molecular flexibility index (Phi) is 8.42. The first-order valence-corrected chi connectivity index (χ1v) is 11.3. The highest BCUT2D eigenvalue weighted by Gasteiger charge is 2.27. The van der Waals surface area contributed by atoms with Crippen LogP contribution in [0.25, 0.3) is 0 Å². The highest BCUT2D eigenvalue weighted by molar-refractivity contribution is 7.89. The summed E-state index contributed by atoms with van der Waals surface area (Å²) < 4.78 is 52.1. The minimum atomic E-state index is -3.89. The van der Waals surface area contributed by atoms with Crippen LogP contribution in [0.2, 0.25) is 0 Å². The Morgan fingerprint density at radius 3 is 2.31 bits per heavy atom. The normalized spacial score (nSPS) is 16.0. The van der Waals surface area contributed by atoms with Crippen LogP contribution < -0.4 is 5.14 Å². The first-order valence-electron chi connectivity index (χ1n) is 8.24. The molecule has 0 saturated carbocycles. The van der Waals surface area contributed by atoms with Crippen molar-refractivity contribution < 1.29 is 26.1 Å². The Morgan fingerprint density at radius 2 is 1.81 bits per heavy atom. The van der Waals surface area contributed by atoms with Gasteiger partial charge in [-0.05, 0) is 51.2 Å². The molecule has 3 atom stereocenters. The van der Waals surface area contributed by atoms with Crippen molar-refractivity contribution in [1.29, 1.82) is 0 Å². The summed E-state index contributed by atoms with van der Waals surface area (Å²) in [5, 5.41) is 14.4. The van der Waals surface area contributed by atoms with Crippen LogP contribution in [0.5, 0.6) is 0 Å². The van der Waals surface area contributed by atoms with E-state index < -0.39 is 37.4 Å². The SMILES string of the molecule is C=CC[C@@H](C[C@@H](O)CCOS(=O)(=O)c1ccc(C)cc1)[C@@H](C)S(N)(=O)=O. The van der Waals surface area contributed by atoms with Gasteiger partial charge in [-0.3, -0.25) is 4.18 Å². The van der Waals surface area contributed by atoms with Gasteiger partial charge in [-0.15, -0.1) is 6.58 Å². The second-order valence-electron chi connectivity index (χ2n) is 6.35. The summed E-state index contributed by atoms with van der Waals surface area (Å²) in [7, 11) is -7.63. The molecule has 0 unspecified atom stereocenters. The number of hydrogen-bond acceptors (Lipinski definition) is 6. The number of sulfonamides is 1. The van der Waals surface area contributed by atoms with Gasteiger partial charge >= 0.3 is 0 Å². The summed E-state index contributed by atoms with van der Waals surface area (Å²) in [5.74, 6) is -0.411. The standard InChI is InChI=1S/C17H27NO6S2/c1-4-5-15(14(3)25(18,20)21)12-16(19)10-11-24-26(22,23)17-8-6-13(2)7-9-17/h4,6-9,14-16,19H,1,5,10-12H2,2-3H3,(H2,18,20,21)/t14-,15+,16+/m1/s1. The number of aliphatic hydroxyl groups excluding tert-OH is 1. The van der Waals surface area contributed by atoms with Gasteiger partial charge < -0.3 is 5.11 Å². The molecule has 0 aromatic heterocycles. The number of nitrogens with two attached hydrogens (primary N) is 1. The lowest BCUT2D eigenvalue weighted by Gasteiger charge is -2.23. The fourth-order valence-corrected chi connectivity index (χ4v) is 4.18. The van der Waals surface area contributed by atoms with Crippen LogP contribution in [0.3, 0.4) is 0 Å². The van der Waals surface area contributed by atoms with Gasteiger partial charge in [-0.2, -0.15) is 8.42 Å². The van der Waals surface area contributed by atoms with Crippen LogP contribution >= 0.6 is 0 Å². The molecule has 7 nitrogen and oxygen atoms in total. The van der Waals surface area contributed by atoms with E-state index in [2.05, 4.69) is 6.58 Å². The zero-order valence-corrected chi connectivity index (χ0v) is 16.7. The molecule has 0 fully saturated rings. The smallest absolute Gasteiger partial charge is 0.296 e. The van der Waals surface area contributed by atoms with Gasteiger partial charge in [0.1, 0.15) is 0 Å². The average molecular weight is 406 g/mol. The van der Waals surface area contributed by atoms with Crippen LogP contribution in [0.1, 0.15) is 31.7 Å². The molecule has 1 aromatic rings. The van der Waals surface area contributed by atoms with Crippen molar-refractivity contribution >= 4 is 20.1 Å². The molecular formula is C17H27NO6S2. The van der Waals surface area contributed by atoms with Crippen molar-refractivity contribution in [2.24, 2.45) is 11.1 Å². The van der Waals surface area contributed by atoms with E-state index in [0.717, 1.165) is 5.56 Å². The van der Waals surface area contributed by atoms with Gasteiger partial charge in [0.25, 0.3) is 10.1 Å². The minimum absolute atomic E-state index is 0.0463. The third-order valence-electron chi connectivity index (χ3n) is 4.23. The molecule has 0 aliphatic rings. The van der Waals surface area contributed by atoms with Crippen LogP contribution in [0, 0.1) is 12.8 Å². The maximum absolute atomic E-state index is 12.1. The van der Waals surface area contributed by atoms with E-state index in [1.165, 1.54) is 19.1 Å². The Labute approximate surface area is 156 Å². The summed E-state index contributed by atoms with van der Waals surface area (Å²) >= 11 is 0. The monoisotopic (exact) mass is 405 g/mol. The number of primary sulfonamides is 1. The molecule has 0 saturated heterocycles. The Hall–Kier alpha value is -1.26. The molecule has 0 heterocycles. The molecule has 0 aliphatic heterocycles. The van der Waals surface area contributed by atoms with Gasteiger partial charge in [-0.25, -0.2) is 13.6 Å². The van der Waals surface area contributed by atoms with Crippen molar-refractivity contribution in [2.75, 3.05) is 6.61 Å². The molecular weight excluding hydrogens is 378 g/mol. The van der Waals surface area contributed by atoms with Crippen molar-refractivity contribution in [3.05, 3.63) is 42.5 Å². The Bertz CT molecular complexity index is 787. The molecule has 0 spiro atoms. The topological polar surface area (TPSA) is 124 Å². The lowest BCUT2D eigenvalue weighted by Crippen LogP contribution is -2.34. The van der Waals surface area contributed by atoms with Gasteiger partial charge in [0.15, 0.2) is 0 Å². The van der Waals surface area contributed by atoms with E-state index in [0.29, 0.717) is 6.42 Å². The van der Waals surface area contributed by atoms with E-state index >= 15 is 0 Å². The highest BCUT2D eigenvalue weighted by atomic mass is 32.2. The zero-order chi connectivity index (χ0) is 20.0. The van der Waals surface area contributed by atoms with Crippen molar-refractivity contribution in [3.63, 3.8) is 0 Å². The average Bonchev–Trinajstić information content (AvgIpc) is 2.53. The van der Waals surface area contributed by atoms with Crippen molar-refractivity contribution in [2.45, 2.75) is 49.4 Å². The number of benzene rings is 1. The van der Waals surface area contributed by atoms with Gasteiger partial charge in [0.05, 0.1) is 22.9 Å². The molecule has 148 valence electrons. The second kappa shape index (κ2) is 9.61. The second-order valence-corrected chi connectivity index (χ2v) is 9.88. The summed E-state index contributed by atoms with van der Waals surface area (Å²) in [6.07, 6.45) is 1.22. The summed E-state index contributed by atoms with van der Waals surface area (Å²) in [6, 6.07) is 6.24. The first kappa shape index (κ1) is 22.8. The lowest BCUT2D eigenvalue weighted by atomic mass is 9.94. The number of aliphatic hydroxyl groups is 1. The molecule has 0 amide bonds. The first-order chi connectivity index (χ1) is 12.0. The minimum Gasteiger partial charge on any atom is -0.393 e. The van der Waals surface area contributed by atoms with Gasteiger partial charge in [-0.1, -0.05) is 23.8 Å². The predicted molar refractivity (Wildman–Crippen MR) is 100 cm³/mol. The van der Waals surface area contributed by atoms with Gasteiger partial charge in [0.2, 0.25) is 10.0 Å². The predicted octanol–water partition coefficient (Wildman–Crippen LogP) is 1.71. The number of allylic oxidation sites excluding steroid dienone is 1. The van der Waals surface area contributed by atoms with Crippen LogP contribution in [-0.4, -0.2) is 39.9 Å². The summed E-state index contributed by atoms with van der Waals surface area (Å²) in [6.45, 7) is 6.70. The molecule has 1 aromatic carbocycles. The molecule has 0 aliphatic carbocycles. The summed E-state index contributed by atoms with van der Waals surface area (Å²) in [4.78, 5) is 0.0463. The molecule has 0 radical (unpaired) electrons. The van der Waals surface area contributed by atoms with E-state index in [9.17, 15) is 21.9 Å². The molecule has 26 heavy (non-hydrogen) atoms. The number of hydrogen-bond donors (Lipinski definition) is 2. The third kappa shape index (κ3) is 7.16. The van der Waals surface area contributed by atoms with Gasteiger partial charge in [0, 0.05) is 0 Å². The lowest BCUT2D eigenvalue weighted by molar-refractivity contribution is 0.114. The Morgan fingerprint density at radius 1 is 1.23 bits per heavy atom. The van der Waals surface area contributed by atoms with E-state index in [1.807, 2.05) is 6.92 Å².